The molecule has 2 aromatic rings. The van der Waals surface area contributed by atoms with Crippen molar-refractivity contribution in [2.45, 2.75) is 53.1 Å². The molecule has 1 unspecified atom stereocenters. The maximum absolute atomic E-state index is 6.14. The van der Waals surface area contributed by atoms with Crippen LogP contribution in [0.2, 0.25) is 0 Å². The maximum atomic E-state index is 6.14. The van der Waals surface area contributed by atoms with Gasteiger partial charge in [-0.05, 0) is 37.8 Å². The number of ether oxygens (including phenoxy) is 2. The molecular weight excluding hydrogens is 380 g/mol. The Kier molecular flexibility index (Phi) is 8.13. The van der Waals surface area contributed by atoms with Gasteiger partial charge in [-0.3, -0.25) is 0 Å². The molecule has 1 aromatic carbocycles. The smallest absolute Gasteiger partial charge is 0.191 e. The summed E-state index contributed by atoms with van der Waals surface area (Å²) in [6, 6.07) is 8.26. The number of aromatic nitrogens is 1. The van der Waals surface area contributed by atoms with Crippen molar-refractivity contribution >= 4 is 5.96 Å². The Hall–Kier alpha value is -2.54. The Morgan fingerprint density at radius 3 is 2.87 bits per heavy atom. The summed E-state index contributed by atoms with van der Waals surface area (Å²) in [7, 11) is 0. The van der Waals surface area contributed by atoms with Gasteiger partial charge in [0.25, 0.3) is 0 Å². The zero-order chi connectivity index (χ0) is 21.3. The first-order chi connectivity index (χ1) is 14.5. The second kappa shape index (κ2) is 11.0. The minimum absolute atomic E-state index is 0.347. The number of rotatable bonds is 9. The van der Waals surface area contributed by atoms with E-state index >= 15 is 0 Å². The lowest BCUT2D eigenvalue weighted by molar-refractivity contribution is 0.166. The van der Waals surface area contributed by atoms with Crippen molar-refractivity contribution in [3.05, 3.63) is 46.8 Å². The van der Waals surface area contributed by atoms with Crippen LogP contribution in [0.5, 0.6) is 5.75 Å². The number of guanidine groups is 1. The number of aliphatic imine (C=N–C) groups is 1. The summed E-state index contributed by atoms with van der Waals surface area (Å²) in [5, 5.41) is 10.7. The van der Waals surface area contributed by atoms with Gasteiger partial charge in [0.05, 0.1) is 32.0 Å². The first-order valence-electron chi connectivity index (χ1n) is 10.8. The van der Waals surface area contributed by atoms with E-state index in [0.717, 1.165) is 54.9 Å². The lowest BCUT2D eigenvalue weighted by Crippen LogP contribution is -2.36. The Balaban J connectivity index is 1.62. The molecule has 1 fully saturated rings. The van der Waals surface area contributed by atoms with Crippen LogP contribution in [0, 0.1) is 12.8 Å². The molecule has 1 aromatic heterocycles. The molecule has 1 atom stereocenters. The fraction of sp³-hybridized carbons (Fsp3) is 0.565. The lowest BCUT2D eigenvalue weighted by atomic mass is 10.1. The molecule has 0 bridgehead atoms. The highest BCUT2D eigenvalue weighted by Crippen LogP contribution is 2.23. The quantitative estimate of drug-likeness (QED) is 0.480. The number of benzene rings is 1. The lowest BCUT2D eigenvalue weighted by Gasteiger charge is -2.15. The Morgan fingerprint density at radius 1 is 1.30 bits per heavy atom. The van der Waals surface area contributed by atoms with E-state index in [0.29, 0.717) is 31.5 Å². The van der Waals surface area contributed by atoms with Crippen molar-refractivity contribution in [1.82, 2.24) is 15.8 Å². The van der Waals surface area contributed by atoms with Gasteiger partial charge < -0.3 is 24.6 Å². The van der Waals surface area contributed by atoms with E-state index in [-0.39, 0.29) is 0 Å². The molecule has 0 aliphatic carbocycles. The monoisotopic (exact) mass is 414 g/mol. The van der Waals surface area contributed by atoms with E-state index in [4.69, 9.17) is 19.0 Å². The van der Waals surface area contributed by atoms with E-state index in [9.17, 15) is 0 Å². The van der Waals surface area contributed by atoms with Gasteiger partial charge in [0, 0.05) is 30.7 Å². The normalized spacial score (nSPS) is 16.8. The summed E-state index contributed by atoms with van der Waals surface area (Å²) >= 11 is 0. The summed E-state index contributed by atoms with van der Waals surface area (Å²) in [4.78, 5) is 4.74. The van der Waals surface area contributed by atoms with Gasteiger partial charge in [-0.15, -0.1) is 0 Å². The molecule has 7 nitrogen and oxygen atoms in total. The highest BCUT2D eigenvalue weighted by molar-refractivity contribution is 5.79. The minimum atomic E-state index is 0.347. The number of aryl methyl sites for hydroxylation is 1. The van der Waals surface area contributed by atoms with Crippen LogP contribution in [0.3, 0.4) is 0 Å². The number of hydrogen-bond donors (Lipinski definition) is 2. The summed E-state index contributed by atoms with van der Waals surface area (Å²) in [5.74, 6) is 3.25. The molecule has 3 rings (SSSR count). The second-order valence-corrected chi connectivity index (χ2v) is 8.07. The maximum Gasteiger partial charge on any atom is 0.191 e. The van der Waals surface area contributed by atoms with Gasteiger partial charge in [0.15, 0.2) is 11.7 Å². The van der Waals surface area contributed by atoms with Gasteiger partial charge >= 0.3 is 0 Å². The molecule has 2 N–H and O–H groups in total. The summed E-state index contributed by atoms with van der Waals surface area (Å²) in [6.45, 7) is 12.5. The fourth-order valence-corrected chi connectivity index (χ4v) is 3.21. The second-order valence-electron chi connectivity index (χ2n) is 8.07. The first-order valence-corrected chi connectivity index (χ1v) is 10.8. The highest BCUT2D eigenvalue weighted by Gasteiger charge is 2.17. The van der Waals surface area contributed by atoms with Crippen molar-refractivity contribution in [1.29, 1.82) is 0 Å². The fourth-order valence-electron chi connectivity index (χ4n) is 3.21. The summed E-state index contributed by atoms with van der Waals surface area (Å²) in [6.07, 6.45) is 1.06. The molecule has 30 heavy (non-hydrogen) atoms. The van der Waals surface area contributed by atoms with E-state index in [1.54, 1.807) is 0 Å². The summed E-state index contributed by atoms with van der Waals surface area (Å²) in [5.41, 5.74) is 3.21. The molecule has 0 spiro atoms. The third kappa shape index (κ3) is 6.49. The van der Waals surface area contributed by atoms with Crippen molar-refractivity contribution in [3.8, 4) is 5.75 Å². The number of hydrogen-bond acceptors (Lipinski definition) is 5. The molecule has 0 amide bonds. The topological polar surface area (TPSA) is 80.9 Å². The number of nitrogens with zero attached hydrogens (tertiary/aromatic N) is 2. The minimum Gasteiger partial charge on any atom is -0.493 e. The first kappa shape index (κ1) is 22.2. The molecule has 0 saturated carbocycles. The highest BCUT2D eigenvalue weighted by atomic mass is 16.5. The zero-order valence-electron chi connectivity index (χ0n) is 18.5. The van der Waals surface area contributed by atoms with Crippen LogP contribution in [-0.2, 0) is 17.8 Å². The molecule has 0 radical (unpaired) electrons. The van der Waals surface area contributed by atoms with Crippen LogP contribution >= 0.6 is 0 Å². The van der Waals surface area contributed by atoms with Crippen LogP contribution in [0.1, 0.15) is 55.7 Å². The molecule has 1 aliphatic rings. The van der Waals surface area contributed by atoms with Crippen LogP contribution < -0.4 is 15.4 Å². The van der Waals surface area contributed by atoms with Gasteiger partial charge in [-0.1, -0.05) is 31.1 Å². The third-order valence-corrected chi connectivity index (χ3v) is 5.07. The van der Waals surface area contributed by atoms with Crippen molar-refractivity contribution < 1.29 is 14.0 Å². The Bertz CT molecular complexity index is 826. The molecule has 164 valence electrons. The van der Waals surface area contributed by atoms with Crippen LogP contribution in [0.4, 0.5) is 0 Å². The van der Waals surface area contributed by atoms with Crippen LogP contribution in [-0.4, -0.2) is 37.5 Å². The van der Waals surface area contributed by atoms with Gasteiger partial charge in [-0.25, -0.2) is 4.99 Å². The molecule has 2 heterocycles. The van der Waals surface area contributed by atoms with E-state index in [1.165, 1.54) is 5.56 Å². The SMILES string of the molecule is CCNC(=NCc1ccc(C)cc1OCC1CCOC1)NCc1cc(C(C)C)no1. The van der Waals surface area contributed by atoms with E-state index in [1.807, 2.05) is 13.0 Å². The average molecular weight is 415 g/mol. The molecule has 1 saturated heterocycles. The standard InChI is InChI=1S/C23H34N4O3/c1-5-24-23(26-13-20-11-21(16(2)3)27-30-20)25-12-19-7-6-17(4)10-22(19)29-15-18-8-9-28-14-18/h6-7,10-11,16,18H,5,8-9,12-15H2,1-4H3,(H2,24,25,26). The molecular formula is C23H34N4O3. The van der Waals surface area contributed by atoms with Crippen LogP contribution in [0.15, 0.2) is 33.8 Å². The predicted octanol–water partition coefficient (Wildman–Crippen LogP) is 3.78. The zero-order valence-corrected chi connectivity index (χ0v) is 18.5. The van der Waals surface area contributed by atoms with Crippen molar-refractivity contribution in [2.75, 3.05) is 26.4 Å². The van der Waals surface area contributed by atoms with Crippen molar-refractivity contribution in [2.24, 2.45) is 10.9 Å². The largest absolute Gasteiger partial charge is 0.493 e. The van der Waals surface area contributed by atoms with Gasteiger partial charge in [-0.2, -0.15) is 0 Å². The van der Waals surface area contributed by atoms with Gasteiger partial charge in [0.1, 0.15) is 5.75 Å². The van der Waals surface area contributed by atoms with E-state index in [2.05, 4.69) is 54.8 Å². The Morgan fingerprint density at radius 2 is 2.17 bits per heavy atom. The van der Waals surface area contributed by atoms with Crippen molar-refractivity contribution in [3.63, 3.8) is 0 Å². The summed E-state index contributed by atoms with van der Waals surface area (Å²) < 4.78 is 17.0. The van der Waals surface area contributed by atoms with Gasteiger partial charge in [0.2, 0.25) is 0 Å². The number of nitrogens with one attached hydrogen (secondary N) is 2. The third-order valence-electron chi connectivity index (χ3n) is 5.07. The Labute approximate surface area is 179 Å². The molecule has 7 heteroatoms. The predicted molar refractivity (Wildman–Crippen MR) is 118 cm³/mol. The average Bonchev–Trinajstić information content (AvgIpc) is 3.41. The molecule has 1 aliphatic heterocycles. The van der Waals surface area contributed by atoms with E-state index < -0.39 is 0 Å². The van der Waals surface area contributed by atoms with Crippen LogP contribution in [0.25, 0.3) is 0 Å².